The van der Waals surface area contributed by atoms with E-state index in [0.29, 0.717) is 0 Å². The highest BCUT2D eigenvalue weighted by Gasteiger charge is 2.34. The van der Waals surface area contributed by atoms with Crippen LogP contribution < -0.4 is 10.2 Å². The van der Waals surface area contributed by atoms with Crippen molar-refractivity contribution >= 4 is 17.4 Å². The highest BCUT2D eigenvalue weighted by molar-refractivity contribution is 7.98. The first-order valence-electron chi connectivity index (χ1n) is 6.50. The minimum absolute atomic E-state index is 0.721. The summed E-state index contributed by atoms with van der Waals surface area (Å²) in [6.07, 6.45) is 5.02. The van der Waals surface area contributed by atoms with Crippen molar-refractivity contribution in [1.29, 1.82) is 0 Å². The van der Waals surface area contributed by atoms with E-state index in [9.17, 15) is 0 Å². The van der Waals surface area contributed by atoms with Gasteiger partial charge in [0.15, 0.2) is 0 Å². The third kappa shape index (κ3) is 2.45. The normalized spacial score (nSPS) is 25.0. The van der Waals surface area contributed by atoms with Crippen LogP contribution in [0, 0.1) is 5.92 Å². The fourth-order valence-corrected chi connectivity index (χ4v) is 3.32. The maximum absolute atomic E-state index is 3.67. The van der Waals surface area contributed by atoms with E-state index < -0.39 is 0 Å². The van der Waals surface area contributed by atoms with Crippen LogP contribution in [0.3, 0.4) is 0 Å². The zero-order chi connectivity index (χ0) is 11.7. The molecule has 1 N–H and O–H groups in total. The summed E-state index contributed by atoms with van der Waals surface area (Å²) in [6.45, 7) is 3.45. The second-order valence-corrected chi connectivity index (χ2v) is 5.86. The van der Waals surface area contributed by atoms with Crippen LogP contribution in [0.5, 0.6) is 0 Å². The molecule has 0 radical (unpaired) electrons. The summed E-state index contributed by atoms with van der Waals surface area (Å²) in [5.41, 5.74) is 1.42. The Morgan fingerprint density at radius 2 is 2.12 bits per heavy atom. The van der Waals surface area contributed by atoms with Crippen molar-refractivity contribution in [2.24, 2.45) is 5.92 Å². The lowest BCUT2D eigenvalue weighted by atomic mass is 10.1. The fourth-order valence-electron chi connectivity index (χ4n) is 2.70. The summed E-state index contributed by atoms with van der Waals surface area (Å²) < 4.78 is 0. The molecule has 1 aliphatic heterocycles. The van der Waals surface area contributed by atoms with Crippen molar-refractivity contribution in [3.8, 4) is 0 Å². The number of rotatable bonds is 3. The zero-order valence-electron chi connectivity index (χ0n) is 10.4. The number of para-hydroxylation sites is 1. The first-order chi connectivity index (χ1) is 8.38. The number of hydrogen-bond donors (Lipinski definition) is 1. The Kier molecular flexibility index (Phi) is 3.30. The third-order valence-electron chi connectivity index (χ3n) is 3.82. The van der Waals surface area contributed by atoms with Crippen LogP contribution in [0.15, 0.2) is 29.2 Å². The molecule has 3 rings (SSSR count). The Morgan fingerprint density at radius 1 is 1.29 bits per heavy atom. The first kappa shape index (κ1) is 11.4. The zero-order valence-corrected chi connectivity index (χ0v) is 11.2. The fraction of sp³-hybridized carbons (Fsp3) is 0.571. The van der Waals surface area contributed by atoms with E-state index in [1.807, 2.05) is 11.8 Å². The van der Waals surface area contributed by atoms with Gasteiger partial charge in [0.2, 0.25) is 0 Å². The molecular weight excluding hydrogens is 228 g/mol. The van der Waals surface area contributed by atoms with Crippen LogP contribution in [0.4, 0.5) is 5.69 Å². The van der Waals surface area contributed by atoms with Gasteiger partial charge in [-0.1, -0.05) is 12.1 Å². The van der Waals surface area contributed by atoms with Gasteiger partial charge >= 0.3 is 0 Å². The van der Waals surface area contributed by atoms with Crippen LogP contribution in [0.1, 0.15) is 12.8 Å². The molecule has 1 saturated heterocycles. The SMILES string of the molecule is CSc1ccccc1N1CCNC(C2CC2)C1. The van der Waals surface area contributed by atoms with E-state index in [1.165, 1.54) is 30.0 Å². The number of hydrogen-bond acceptors (Lipinski definition) is 3. The van der Waals surface area contributed by atoms with Gasteiger partial charge in [0.25, 0.3) is 0 Å². The molecular formula is C14H20N2S. The molecule has 1 heterocycles. The number of thioether (sulfide) groups is 1. The lowest BCUT2D eigenvalue weighted by Gasteiger charge is -2.36. The second kappa shape index (κ2) is 4.91. The molecule has 0 bridgehead atoms. The number of piperazine rings is 1. The molecule has 1 aromatic rings. The Bertz CT molecular complexity index is 390. The van der Waals surface area contributed by atoms with Gasteiger partial charge in [0.05, 0.1) is 5.69 Å². The highest BCUT2D eigenvalue weighted by Crippen LogP contribution is 2.35. The number of nitrogens with zero attached hydrogens (tertiary/aromatic N) is 1. The van der Waals surface area contributed by atoms with Gasteiger partial charge < -0.3 is 10.2 Å². The minimum Gasteiger partial charge on any atom is -0.368 e. The van der Waals surface area contributed by atoms with Crippen LogP contribution >= 0.6 is 11.8 Å². The molecule has 92 valence electrons. The minimum atomic E-state index is 0.721. The molecule has 0 amide bonds. The third-order valence-corrected chi connectivity index (χ3v) is 4.61. The average Bonchev–Trinajstić information content (AvgIpc) is 3.23. The largest absolute Gasteiger partial charge is 0.368 e. The highest BCUT2D eigenvalue weighted by atomic mass is 32.2. The lowest BCUT2D eigenvalue weighted by molar-refractivity contribution is 0.418. The molecule has 1 aromatic carbocycles. The predicted molar refractivity (Wildman–Crippen MR) is 75.0 cm³/mol. The van der Waals surface area contributed by atoms with E-state index in [-0.39, 0.29) is 0 Å². The smallest absolute Gasteiger partial charge is 0.0505 e. The maximum atomic E-state index is 3.67. The van der Waals surface area contributed by atoms with Crippen LogP contribution in [0.25, 0.3) is 0 Å². The molecule has 1 atom stereocenters. The van der Waals surface area contributed by atoms with Crippen molar-refractivity contribution in [2.45, 2.75) is 23.8 Å². The molecule has 0 aromatic heterocycles. The molecule has 0 spiro atoms. The van der Waals surface area contributed by atoms with Gasteiger partial charge in [-0.3, -0.25) is 0 Å². The maximum Gasteiger partial charge on any atom is 0.0505 e. The van der Waals surface area contributed by atoms with E-state index in [4.69, 9.17) is 0 Å². The van der Waals surface area contributed by atoms with Crippen LogP contribution in [-0.2, 0) is 0 Å². The Morgan fingerprint density at radius 3 is 2.88 bits per heavy atom. The average molecular weight is 248 g/mol. The predicted octanol–water partition coefficient (Wildman–Crippen LogP) is 2.60. The standard InChI is InChI=1S/C14H20N2S/c1-17-14-5-3-2-4-13(14)16-9-8-15-12(10-16)11-6-7-11/h2-5,11-12,15H,6-10H2,1H3. The molecule has 1 saturated carbocycles. The molecule has 1 unspecified atom stereocenters. The summed E-state index contributed by atoms with van der Waals surface area (Å²) in [4.78, 5) is 3.97. The van der Waals surface area contributed by atoms with E-state index in [2.05, 4.69) is 40.7 Å². The van der Waals surface area contributed by atoms with Crippen molar-refractivity contribution in [3.05, 3.63) is 24.3 Å². The lowest BCUT2D eigenvalue weighted by Crippen LogP contribution is -2.51. The Labute approximate surface area is 108 Å². The van der Waals surface area contributed by atoms with E-state index >= 15 is 0 Å². The first-order valence-corrected chi connectivity index (χ1v) is 7.72. The van der Waals surface area contributed by atoms with Gasteiger partial charge in [-0.25, -0.2) is 0 Å². The molecule has 2 nitrogen and oxygen atoms in total. The van der Waals surface area contributed by atoms with E-state index in [1.54, 1.807) is 0 Å². The number of anilines is 1. The van der Waals surface area contributed by atoms with Crippen molar-refractivity contribution in [3.63, 3.8) is 0 Å². The van der Waals surface area contributed by atoms with Gasteiger partial charge in [0.1, 0.15) is 0 Å². The van der Waals surface area contributed by atoms with Gasteiger partial charge in [-0.05, 0) is 37.1 Å². The van der Waals surface area contributed by atoms with Crippen molar-refractivity contribution < 1.29 is 0 Å². The van der Waals surface area contributed by atoms with E-state index in [0.717, 1.165) is 25.0 Å². The van der Waals surface area contributed by atoms with Crippen molar-refractivity contribution in [1.82, 2.24) is 5.32 Å². The quantitative estimate of drug-likeness (QED) is 0.828. The molecule has 2 fully saturated rings. The van der Waals surface area contributed by atoms with Crippen LogP contribution in [-0.4, -0.2) is 31.9 Å². The summed E-state index contributed by atoms with van der Waals surface area (Å²) in [7, 11) is 0. The van der Waals surface area contributed by atoms with Crippen molar-refractivity contribution in [2.75, 3.05) is 30.8 Å². The van der Waals surface area contributed by atoms with Gasteiger partial charge in [-0.15, -0.1) is 11.8 Å². The summed E-state index contributed by atoms with van der Waals surface area (Å²) in [5.74, 6) is 0.944. The summed E-state index contributed by atoms with van der Waals surface area (Å²) >= 11 is 1.85. The summed E-state index contributed by atoms with van der Waals surface area (Å²) in [6, 6.07) is 9.51. The van der Waals surface area contributed by atoms with Crippen LogP contribution in [0.2, 0.25) is 0 Å². The number of nitrogens with one attached hydrogen (secondary N) is 1. The number of benzene rings is 1. The van der Waals surface area contributed by atoms with Gasteiger partial charge in [-0.2, -0.15) is 0 Å². The second-order valence-electron chi connectivity index (χ2n) is 5.02. The van der Waals surface area contributed by atoms with Gasteiger partial charge in [0, 0.05) is 30.6 Å². The Hall–Kier alpha value is -0.670. The molecule has 3 heteroatoms. The molecule has 1 aliphatic carbocycles. The Balaban J connectivity index is 1.77. The molecule has 17 heavy (non-hydrogen) atoms. The summed E-state index contributed by atoms with van der Waals surface area (Å²) in [5, 5.41) is 3.67. The topological polar surface area (TPSA) is 15.3 Å². The molecule has 2 aliphatic rings. The monoisotopic (exact) mass is 248 g/mol.